The summed E-state index contributed by atoms with van der Waals surface area (Å²) in [6.07, 6.45) is 2.38. The SMILES string of the molecule is C.CC1(C)CCC(C)(C)c2cc(C#Cc3ccc(C(=O)O)cc3)ccc21. The molecule has 0 saturated carbocycles. The van der Waals surface area contributed by atoms with E-state index in [0.717, 1.165) is 11.1 Å². The minimum Gasteiger partial charge on any atom is -0.478 e. The van der Waals surface area contributed by atoms with Gasteiger partial charge in [-0.1, -0.05) is 53.0 Å². The summed E-state index contributed by atoms with van der Waals surface area (Å²) in [6.45, 7) is 9.25. The number of fused-ring (bicyclic) bond motifs is 1. The lowest BCUT2D eigenvalue weighted by Crippen LogP contribution is -2.33. The number of carboxylic acid groups (broad SMARTS) is 1. The lowest BCUT2D eigenvalue weighted by atomic mass is 9.63. The molecule has 26 heavy (non-hydrogen) atoms. The quantitative estimate of drug-likeness (QED) is 0.664. The first kappa shape index (κ1) is 19.8. The first-order valence-corrected chi connectivity index (χ1v) is 8.69. The molecule has 0 atom stereocenters. The van der Waals surface area contributed by atoms with E-state index in [-0.39, 0.29) is 23.8 Å². The number of benzene rings is 2. The van der Waals surface area contributed by atoms with Crippen LogP contribution >= 0.6 is 0 Å². The summed E-state index contributed by atoms with van der Waals surface area (Å²) in [6, 6.07) is 13.2. The van der Waals surface area contributed by atoms with Crippen LogP contribution < -0.4 is 0 Å². The number of carbonyl (C=O) groups is 1. The van der Waals surface area contributed by atoms with Crippen LogP contribution in [0.1, 0.15) is 80.6 Å². The number of aromatic carboxylic acids is 1. The van der Waals surface area contributed by atoms with Gasteiger partial charge in [-0.05, 0) is 71.2 Å². The monoisotopic (exact) mass is 348 g/mol. The zero-order chi connectivity index (χ0) is 18.2. The molecule has 2 heteroatoms. The van der Waals surface area contributed by atoms with E-state index in [2.05, 4.69) is 57.7 Å². The van der Waals surface area contributed by atoms with Crippen molar-refractivity contribution in [1.82, 2.24) is 0 Å². The van der Waals surface area contributed by atoms with Gasteiger partial charge in [0, 0.05) is 11.1 Å². The van der Waals surface area contributed by atoms with Gasteiger partial charge >= 0.3 is 5.97 Å². The van der Waals surface area contributed by atoms with Gasteiger partial charge in [-0.15, -0.1) is 0 Å². The summed E-state index contributed by atoms with van der Waals surface area (Å²) in [4.78, 5) is 10.9. The second-order valence-electron chi connectivity index (χ2n) is 8.16. The van der Waals surface area contributed by atoms with Crippen molar-refractivity contribution in [3.8, 4) is 11.8 Å². The smallest absolute Gasteiger partial charge is 0.335 e. The van der Waals surface area contributed by atoms with Crippen LogP contribution in [0.15, 0.2) is 42.5 Å². The van der Waals surface area contributed by atoms with Gasteiger partial charge in [0.15, 0.2) is 0 Å². The first-order valence-electron chi connectivity index (χ1n) is 8.69. The zero-order valence-corrected chi connectivity index (χ0v) is 15.3. The fraction of sp³-hybridized carbons (Fsp3) is 0.375. The van der Waals surface area contributed by atoms with Crippen molar-refractivity contribution < 1.29 is 9.90 Å². The standard InChI is InChI=1S/C23H24O2.CH4/c1-22(2)13-14-23(3,4)20-15-17(9-12-19(20)22)6-5-16-7-10-18(11-8-16)21(24)25;/h7-12,15H,13-14H2,1-4H3,(H,24,25);1H4. The lowest BCUT2D eigenvalue weighted by molar-refractivity contribution is 0.0697. The maximum atomic E-state index is 10.9. The lowest BCUT2D eigenvalue weighted by Gasteiger charge is -2.41. The summed E-state index contributed by atoms with van der Waals surface area (Å²) < 4.78 is 0. The molecule has 0 amide bonds. The molecule has 3 rings (SSSR count). The summed E-state index contributed by atoms with van der Waals surface area (Å²) >= 11 is 0. The Morgan fingerprint density at radius 2 is 1.35 bits per heavy atom. The van der Waals surface area contributed by atoms with Crippen molar-refractivity contribution in [1.29, 1.82) is 0 Å². The van der Waals surface area contributed by atoms with Gasteiger partial charge in [-0.3, -0.25) is 0 Å². The van der Waals surface area contributed by atoms with Crippen LogP contribution in [0.4, 0.5) is 0 Å². The van der Waals surface area contributed by atoms with E-state index in [0.29, 0.717) is 0 Å². The Morgan fingerprint density at radius 3 is 1.92 bits per heavy atom. The molecule has 0 spiro atoms. The van der Waals surface area contributed by atoms with Crippen molar-refractivity contribution in [2.24, 2.45) is 0 Å². The van der Waals surface area contributed by atoms with E-state index in [9.17, 15) is 4.79 Å². The van der Waals surface area contributed by atoms with Crippen LogP contribution in [0.25, 0.3) is 0 Å². The maximum Gasteiger partial charge on any atom is 0.335 e. The molecule has 0 heterocycles. The molecule has 2 aromatic rings. The predicted octanol–water partition coefficient (Wildman–Crippen LogP) is 5.77. The van der Waals surface area contributed by atoms with Crippen molar-refractivity contribution in [3.05, 3.63) is 70.3 Å². The number of carboxylic acids is 1. The Labute approximate surface area is 157 Å². The van der Waals surface area contributed by atoms with Crippen molar-refractivity contribution in [3.63, 3.8) is 0 Å². The summed E-state index contributed by atoms with van der Waals surface area (Å²) in [5, 5.41) is 8.95. The molecule has 2 aromatic carbocycles. The molecule has 0 saturated heterocycles. The second-order valence-corrected chi connectivity index (χ2v) is 8.16. The molecule has 0 radical (unpaired) electrons. The van der Waals surface area contributed by atoms with E-state index in [4.69, 9.17) is 5.11 Å². The van der Waals surface area contributed by atoms with Crippen LogP contribution in [0.3, 0.4) is 0 Å². The molecule has 0 aromatic heterocycles. The van der Waals surface area contributed by atoms with Gasteiger partial charge in [0.2, 0.25) is 0 Å². The Balaban J connectivity index is 0.00000243. The average Bonchev–Trinajstić information content (AvgIpc) is 2.57. The first-order chi connectivity index (χ1) is 11.7. The van der Waals surface area contributed by atoms with E-state index in [1.165, 1.54) is 24.0 Å². The third-order valence-electron chi connectivity index (χ3n) is 5.34. The van der Waals surface area contributed by atoms with Gasteiger partial charge in [0.25, 0.3) is 0 Å². The van der Waals surface area contributed by atoms with Crippen LogP contribution in [-0.2, 0) is 10.8 Å². The average molecular weight is 348 g/mol. The normalized spacial score (nSPS) is 16.5. The number of rotatable bonds is 1. The predicted molar refractivity (Wildman–Crippen MR) is 108 cm³/mol. The molecule has 0 aliphatic heterocycles. The molecule has 1 aliphatic rings. The Bertz CT molecular complexity index is 875. The van der Waals surface area contributed by atoms with Gasteiger partial charge in [0.1, 0.15) is 0 Å². The molecule has 0 unspecified atom stereocenters. The van der Waals surface area contributed by atoms with Crippen molar-refractivity contribution >= 4 is 5.97 Å². The van der Waals surface area contributed by atoms with Gasteiger partial charge in [0.05, 0.1) is 5.56 Å². The van der Waals surface area contributed by atoms with E-state index in [1.807, 2.05) is 0 Å². The minimum atomic E-state index is -0.918. The highest BCUT2D eigenvalue weighted by Crippen LogP contribution is 2.45. The molecular formula is C24H28O2. The van der Waals surface area contributed by atoms with Gasteiger partial charge in [-0.2, -0.15) is 0 Å². The summed E-state index contributed by atoms with van der Waals surface area (Å²) in [5.74, 6) is 5.45. The third kappa shape index (κ3) is 3.83. The highest BCUT2D eigenvalue weighted by atomic mass is 16.4. The molecule has 0 fully saturated rings. The Morgan fingerprint density at radius 1 is 0.846 bits per heavy atom. The van der Waals surface area contributed by atoms with Crippen LogP contribution in [0, 0.1) is 11.8 Å². The van der Waals surface area contributed by atoms with E-state index < -0.39 is 5.97 Å². The van der Waals surface area contributed by atoms with Crippen LogP contribution in [0.2, 0.25) is 0 Å². The van der Waals surface area contributed by atoms with Gasteiger partial charge < -0.3 is 5.11 Å². The molecule has 0 bridgehead atoms. The molecular weight excluding hydrogens is 320 g/mol. The molecule has 2 nitrogen and oxygen atoms in total. The zero-order valence-electron chi connectivity index (χ0n) is 15.3. The fourth-order valence-electron chi connectivity index (χ4n) is 3.51. The largest absolute Gasteiger partial charge is 0.478 e. The maximum absolute atomic E-state index is 10.9. The van der Waals surface area contributed by atoms with E-state index >= 15 is 0 Å². The number of hydrogen-bond acceptors (Lipinski definition) is 1. The molecule has 136 valence electrons. The summed E-state index contributed by atoms with van der Waals surface area (Å²) in [7, 11) is 0. The van der Waals surface area contributed by atoms with Crippen molar-refractivity contribution in [2.75, 3.05) is 0 Å². The Hall–Kier alpha value is -2.53. The molecule has 1 aliphatic carbocycles. The third-order valence-corrected chi connectivity index (χ3v) is 5.34. The highest BCUT2D eigenvalue weighted by molar-refractivity contribution is 5.87. The highest BCUT2D eigenvalue weighted by Gasteiger charge is 2.36. The van der Waals surface area contributed by atoms with E-state index in [1.54, 1.807) is 24.3 Å². The minimum absolute atomic E-state index is 0. The van der Waals surface area contributed by atoms with Crippen LogP contribution in [0.5, 0.6) is 0 Å². The second kappa shape index (κ2) is 7.00. The van der Waals surface area contributed by atoms with Crippen LogP contribution in [-0.4, -0.2) is 11.1 Å². The van der Waals surface area contributed by atoms with Crippen molar-refractivity contribution in [2.45, 2.75) is 58.8 Å². The fourth-order valence-corrected chi connectivity index (χ4v) is 3.51. The van der Waals surface area contributed by atoms with Gasteiger partial charge in [-0.25, -0.2) is 4.79 Å². The Kier molecular flexibility index (Phi) is 5.33. The summed E-state index contributed by atoms with van der Waals surface area (Å²) in [5.41, 5.74) is 5.32. The molecule has 1 N–H and O–H groups in total. The number of hydrogen-bond donors (Lipinski definition) is 1. The topological polar surface area (TPSA) is 37.3 Å².